The molecule has 2 rings (SSSR count). The van der Waals surface area contributed by atoms with Crippen LogP contribution in [-0.2, 0) is 0 Å². The molecule has 100 valence electrons. The summed E-state index contributed by atoms with van der Waals surface area (Å²) in [5.41, 5.74) is 7.96. The van der Waals surface area contributed by atoms with Gasteiger partial charge in [-0.15, -0.1) is 0 Å². The monoisotopic (exact) mass is 257 g/mol. The number of aryl methyl sites for hydroxylation is 1. The first kappa shape index (κ1) is 13.4. The molecule has 0 amide bonds. The van der Waals surface area contributed by atoms with E-state index in [2.05, 4.69) is 6.07 Å². The van der Waals surface area contributed by atoms with Crippen LogP contribution < -0.4 is 15.2 Å². The van der Waals surface area contributed by atoms with Crippen molar-refractivity contribution in [2.45, 2.75) is 13.0 Å². The molecule has 0 fully saturated rings. The number of hydrogen-bond acceptors (Lipinski definition) is 3. The lowest BCUT2D eigenvalue weighted by molar-refractivity contribution is 0.214. The van der Waals surface area contributed by atoms with E-state index >= 15 is 0 Å². The molecule has 0 bridgehead atoms. The summed E-state index contributed by atoms with van der Waals surface area (Å²) in [6, 6.07) is 15.7. The van der Waals surface area contributed by atoms with Gasteiger partial charge in [-0.1, -0.05) is 24.3 Å². The second-order valence-electron chi connectivity index (χ2n) is 4.38. The summed E-state index contributed by atoms with van der Waals surface area (Å²) in [5, 5.41) is 0. The van der Waals surface area contributed by atoms with Crippen LogP contribution in [0.3, 0.4) is 0 Å². The Balaban J connectivity index is 2.20. The summed E-state index contributed by atoms with van der Waals surface area (Å²) in [6.07, 6.45) is -0.146. The lowest BCUT2D eigenvalue weighted by atomic mass is 10.1. The lowest BCUT2D eigenvalue weighted by Gasteiger charge is -2.19. The van der Waals surface area contributed by atoms with Gasteiger partial charge in [0.1, 0.15) is 17.6 Å². The summed E-state index contributed by atoms with van der Waals surface area (Å²) in [5.74, 6) is 1.70. The van der Waals surface area contributed by atoms with Crippen LogP contribution in [0.5, 0.6) is 11.5 Å². The molecular formula is C16H19NO2. The first-order valence-electron chi connectivity index (χ1n) is 6.31. The predicted octanol–water partition coefficient (Wildman–Crippen LogP) is 3.08. The zero-order valence-corrected chi connectivity index (χ0v) is 11.3. The Bertz CT molecular complexity index is 526. The number of ether oxygens (including phenoxy) is 2. The Labute approximate surface area is 114 Å². The van der Waals surface area contributed by atoms with Gasteiger partial charge in [0.15, 0.2) is 0 Å². The summed E-state index contributed by atoms with van der Waals surface area (Å²) in [4.78, 5) is 0. The molecule has 0 saturated heterocycles. The molecule has 3 heteroatoms. The normalized spacial score (nSPS) is 11.9. The first-order valence-corrected chi connectivity index (χ1v) is 6.31. The average molecular weight is 257 g/mol. The number of benzene rings is 2. The van der Waals surface area contributed by atoms with Gasteiger partial charge < -0.3 is 15.2 Å². The van der Waals surface area contributed by atoms with Crippen molar-refractivity contribution in [1.82, 2.24) is 0 Å². The Morgan fingerprint density at radius 3 is 2.42 bits per heavy atom. The minimum absolute atomic E-state index is 0.146. The van der Waals surface area contributed by atoms with Gasteiger partial charge in [0.05, 0.1) is 7.11 Å². The van der Waals surface area contributed by atoms with Crippen LogP contribution in [0.4, 0.5) is 0 Å². The highest BCUT2D eigenvalue weighted by atomic mass is 16.5. The fraction of sp³-hybridized carbons (Fsp3) is 0.250. The standard InChI is InChI=1S/C16H19NO2/c1-12-10-13(8-9-15(12)18-2)16(11-17)19-14-6-4-3-5-7-14/h3-10,16H,11,17H2,1-2H3. The smallest absolute Gasteiger partial charge is 0.136 e. The van der Waals surface area contributed by atoms with E-state index in [1.807, 2.05) is 49.4 Å². The van der Waals surface area contributed by atoms with Gasteiger partial charge in [-0.3, -0.25) is 0 Å². The van der Waals surface area contributed by atoms with E-state index in [1.54, 1.807) is 7.11 Å². The Morgan fingerprint density at radius 1 is 1.11 bits per heavy atom. The van der Waals surface area contributed by atoms with Crippen molar-refractivity contribution in [2.24, 2.45) is 5.73 Å². The van der Waals surface area contributed by atoms with Gasteiger partial charge in [-0.05, 0) is 42.3 Å². The van der Waals surface area contributed by atoms with Gasteiger partial charge in [-0.25, -0.2) is 0 Å². The summed E-state index contributed by atoms with van der Waals surface area (Å²) < 4.78 is 11.2. The topological polar surface area (TPSA) is 44.5 Å². The molecule has 0 aliphatic carbocycles. The predicted molar refractivity (Wildman–Crippen MR) is 76.6 cm³/mol. The van der Waals surface area contributed by atoms with E-state index in [0.29, 0.717) is 6.54 Å². The molecule has 0 aliphatic rings. The van der Waals surface area contributed by atoms with Crippen LogP contribution in [0, 0.1) is 6.92 Å². The van der Waals surface area contributed by atoms with Crippen molar-refractivity contribution < 1.29 is 9.47 Å². The van der Waals surface area contributed by atoms with Crippen LogP contribution in [0.1, 0.15) is 17.2 Å². The molecule has 0 aliphatic heterocycles. The highest BCUT2D eigenvalue weighted by molar-refractivity contribution is 5.37. The third-order valence-corrected chi connectivity index (χ3v) is 3.03. The molecular weight excluding hydrogens is 238 g/mol. The molecule has 2 aromatic carbocycles. The maximum Gasteiger partial charge on any atom is 0.136 e. The quantitative estimate of drug-likeness (QED) is 0.895. The fourth-order valence-electron chi connectivity index (χ4n) is 2.02. The van der Waals surface area contributed by atoms with Crippen molar-refractivity contribution in [2.75, 3.05) is 13.7 Å². The molecule has 3 nitrogen and oxygen atoms in total. The fourth-order valence-corrected chi connectivity index (χ4v) is 2.02. The Morgan fingerprint density at radius 2 is 1.84 bits per heavy atom. The molecule has 0 aromatic heterocycles. The molecule has 0 radical (unpaired) electrons. The van der Waals surface area contributed by atoms with Crippen molar-refractivity contribution in [3.63, 3.8) is 0 Å². The van der Waals surface area contributed by atoms with Crippen molar-refractivity contribution in [3.05, 3.63) is 59.7 Å². The molecule has 19 heavy (non-hydrogen) atoms. The molecule has 0 heterocycles. The molecule has 2 N–H and O–H groups in total. The number of methoxy groups -OCH3 is 1. The van der Waals surface area contributed by atoms with E-state index in [-0.39, 0.29) is 6.10 Å². The van der Waals surface area contributed by atoms with Crippen molar-refractivity contribution >= 4 is 0 Å². The van der Waals surface area contributed by atoms with E-state index in [9.17, 15) is 0 Å². The number of hydrogen-bond donors (Lipinski definition) is 1. The second kappa shape index (κ2) is 6.25. The van der Waals surface area contributed by atoms with E-state index in [4.69, 9.17) is 15.2 Å². The third-order valence-electron chi connectivity index (χ3n) is 3.03. The van der Waals surface area contributed by atoms with Gasteiger partial charge >= 0.3 is 0 Å². The average Bonchev–Trinajstić information content (AvgIpc) is 2.46. The Kier molecular flexibility index (Phi) is 4.42. The first-order chi connectivity index (χ1) is 9.24. The van der Waals surface area contributed by atoms with E-state index in [1.165, 1.54) is 0 Å². The van der Waals surface area contributed by atoms with Crippen LogP contribution in [0.15, 0.2) is 48.5 Å². The van der Waals surface area contributed by atoms with Crippen LogP contribution in [0.2, 0.25) is 0 Å². The van der Waals surface area contributed by atoms with E-state index < -0.39 is 0 Å². The largest absolute Gasteiger partial charge is 0.496 e. The molecule has 2 aromatic rings. The van der Waals surface area contributed by atoms with Crippen LogP contribution in [0.25, 0.3) is 0 Å². The maximum absolute atomic E-state index is 5.91. The SMILES string of the molecule is COc1ccc(C(CN)Oc2ccccc2)cc1C. The number of nitrogens with two attached hydrogens (primary N) is 1. The molecule has 0 spiro atoms. The maximum atomic E-state index is 5.91. The highest BCUT2D eigenvalue weighted by Gasteiger charge is 2.12. The molecule has 1 atom stereocenters. The summed E-state index contributed by atoms with van der Waals surface area (Å²) in [6.45, 7) is 2.44. The minimum Gasteiger partial charge on any atom is -0.496 e. The zero-order chi connectivity index (χ0) is 13.7. The van der Waals surface area contributed by atoms with Gasteiger partial charge in [-0.2, -0.15) is 0 Å². The van der Waals surface area contributed by atoms with E-state index in [0.717, 1.165) is 22.6 Å². The lowest BCUT2D eigenvalue weighted by Crippen LogP contribution is -2.18. The number of para-hydroxylation sites is 1. The second-order valence-corrected chi connectivity index (χ2v) is 4.38. The van der Waals surface area contributed by atoms with Crippen molar-refractivity contribution in [3.8, 4) is 11.5 Å². The minimum atomic E-state index is -0.146. The van der Waals surface area contributed by atoms with Crippen LogP contribution in [-0.4, -0.2) is 13.7 Å². The van der Waals surface area contributed by atoms with Crippen molar-refractivity contribution in [1.29, 1.82) is 0 Å². The summed E-state index contributed by atoms with van der Waals surface area (Å²) in [7, 11) is 1.67. The van der Waals surface area contributed by atoms with Gasteiger partial charge in [0, 0.05) is 6.54 Å². The highest BCUT2D eigenvalue weighted by Crippen LogP contribution is 2.25. The third kappa shape index (κ3) is 3.26. The number of rotatable bonds is 5. The van der Waals surface area contributed by atoms with Crippen LogP contribution >= 0.6 is 0 Å². The van der Waals surface area contributed by atoms with Gasteiger partial charge in [0.25, 0.3) is 0 Å². The molecule has 0 saturated carbocycles. The van der Waals surface area contributed by atoms with Gasteiger partial charge in [0.2, 0.25) is 0 Å². The summed E-state index contributed by atoms with van der Waals surface area (Å²) >= 11 is 0. The molecule has 1 unspecified atom stereocenters. The Hall–Kier alpha value is -2.00. The zero-order valence-electron chi connectivity index (χ0n) is 11.3.